The average Bonchev–Trinajstić information content (AvgIpc) is 2.13. The van der Waals surface area contributed by atoms with Crippen molar-refractivity contribution in [3.63, 3.8) is 0 Å². The van der Waals surface area contributed by atoms with Crippen molar-refractivity contribution in [2.75, 3.05) is 19.7 Å². The van der Waals surface area contributed by atoms with E-state index in [9.17, 15) is 4.79 Å². The molecule has 2 saturated heterocycles. The maximum atomic E-state index is 11.7. The second kappa shape index (κ2) is 3.84. The van der Waals surface area contributed by atoms with Crippen LogP contribution in [0.25, 0.3) is 0 Å². The molecule has 0 aromatic heterocycles. The van der Waals surface area contributed by atoms with Gasteiger partial charge in [0.25, 0.3) is 5.91 Å². The van der Waals surface area contributed by atoms with Crippen molar-refractivity contribution >= 4 is 5.91 Å². The molecule has 0 saturated carbocycles. The fraction of sp³-hybridized carbons (Fsp3) is 0.889. The minimum atomic E-state index is -0.343. The van der Waals surface area contributed by atoms with E-state index in [4.69, 9.17) is 15.6 Å². The van der Waals surface area contributed by atoms with Gasteiger partial charge in [-0.2, -0.15) is 0 Å². The minimum Gasteiger partial charge on any atom is -0.389 e. The van der Waals surface area contributed by atoms with E-state index in [1.807, 2.05) is 0 Å². The van der Waals surface area contributed by atoms with Gasteiger partial charge >= 0.3 is 0 Å². The Morgan fingerprint density at radius 2 is 2.14 bits per heavy atom. The zero-order chi connectivity index (χ0) is 10.1. The molecular formula is C9H16N2O3. The van der Waals surface area contributed by atoms with E-state index in [2.05, 4.69) is 0 Å². The molecule has 0 radical (unpaired) electrons. The van der Waals surface area contributed by atoms with Gasteiger partial charge in [-0.1, -0.05) is 0 Å². The molecule has 2 aliphatic rings. The standard InChI is InChI=1S/C9H16N2O3/c10-6-1-2-8(14-5-6)9(13)11-3-7(12)4-11/h6-8,12H,1-5,10H2/t6?,8-/m0/s1. The molecule has 5 nitrogen and oxygen atoms in total. The van der Waals surface area contributed by atoms with E-state index in [0.29, 0.717) is 26.1 Å². The zero-order valence-electron chi connectivity index (χ0n) is 8.06. The number of aliphatic hydroxyl groups is 1. The highest BCUT2D eigenvalue weighted by Gasteiger charge is 2.35. The molecule has 1 amide bonds. The molecule has 0 aromatic carbocycles. The van der Waals surface area contributed by atoms with Gasteiger partial charge in [0.05, 0.1) is 12.7 Å². The lowest BCUT2D eigenvalue weighted by molar-refractivity contribution is -0.157. The van der Waals surface area contributed by atoms with Crippen LogP contribution in [0, 0.1) is 0 Å². The maximum absolute atomic E-state index is 11.7. The lowest BCUT2D eigenvalue weighted by atomic mass is 10.0. The molecule has 1 unspecified atom stereocenters. The molecule has 2 aliphatic heterocycles. The smallest absolute Gasteiger partial charge is 0.251 e. The van der Waals surface area contributed by atoms with Crippen molar-refractivity contribution in [2.45, 2.75) is 31.1 Å². The van der Waals surface area contributed by atoms with Crippen molar-refractivity contribution in [3.8, 4) is 0 Å². The van der Waals surface area contributed by atoms with Crippen LogP contribution in [0.15, 0.2) is 0 Å². The predicted molar refractivity (Wildman–Crippen MR) is 49.5 cm³/mol. The first-order valence-electron chi connectivity index (χ1n) is 5.01. The van der Waals surface area contributed by atoms with E-state index in [1.54, 1.807) is 4.90 Å². The first kappa shape index (κ1) is 9.89. The molecule has 3 N–H and O–H groups in total. The summed E-state index contributed by atoms with van der Waals surface area (Å²) in [6.45, 7) is 1.36. The maximum Gasteiger partial charge on any atom is 0.251 e. The quantitative estimate of drug-likeness (QED) is 0.551. The zero-order valence-corrected chi connectivity index (χ0v) is 8.06. The highest BCUT2D eigenvalue weighted by Crippen LogP contribution is 2.17. The molecule has 0 spiro atoms. The van der Waals surface area contributed by atoms with Gasteiger partial charge in [0.2, 0.25) is 0 Å². The van der Waals surface area contributed by atoms with E-state index in [-0.39, 0.29) is 24.2 Å². The summed E-state index contributed by atoms with van der Waals surface area (Å²) >= 11 is 0. The Morgan fingerprint density at radius 3 is 2.64 bits per heavy atom. The van der Waals surface area contributed by atoms with E-state index < -0.39 is 0 Å². The van der Waals surface area contributed by atoms with Gasteiger partial charge in [0.1, 0.15) is 6.10 Å². The van der Waals surface area contributed by atoms with Crippen LogP contribution in [0.2, 0.25) is 0 Å². The number of aliphatic hydroxyl groups excluding tert-OH is 1. The summed E-state index contributed by atoms with van der Waals surface area (Å²) in [6.07, 6.45) is 0.867. The van der Waals surface area contributed by atoms with Crippen LogP contribution < -0.4 is 5.73 Å². The van der Waals surface area contributed by atoms with Crippen LogP contribution >= 0.6 is 0 Å². The van der Waals surface area contributed by atoms with Gasteiger partial charge in [-0.25, -0.2) is 0 Å². The summed E-state index contributed by atoms with van der Waals surface area (Å²) in [4.78, 5) is 13.3. The second-order valence-corrected chi connectivity index (χ2v) is 4.06. The first-order chi connectivity index (χ1) is 6.66. The monoisotopic (exact) mass is 200 g/mol. The molecule has 2 atom stereocenters. The van der Waals surface area contributed by atoms with E-state index >= 15 is 0 Å². The Kier molecular flexibility index (Phi) is 2.71. The average molecular weight is 200 g/mol. The number of rotatable bonds is 1. The lowest BCUT2D eigenvalue weighted by Crippen LogP contribution is -2.57. The summed E-state index contributed by atoms with van der Waals surface area (Å²) in [6, 6.07) is 0.0704. The van der Waals surface area contributed by atoms with Crippen LogP contribution in [0.1, 0.15) is 12.8 Å². The second-order valence-electron chi connectivity index (χ2n) is 4.06. The highest BCUT2D eigenvalue weighted by atomic mass is 16.5. The summed E-state index contributed by atoms with van der Waals surface area (Å²) < 4.78 is 5.35. The number of carbonyl (C=O) groups excluding carboxylic acids is 1. The molecule has 2 heterocycles. The lowest BCUT2D eigenvalue weighted by Gasteiger charge is -2.39. The van der Waals surface area contributed by atoms with Gasteiger partial charge in [-0.3, -0.25) is 4.79 Å². The van der Waals surface area contributed by atoms with Crippen molar-refractivity contribution in [1.29, 1.82) is 0 Å². The number of nitrogens with two attached hydrogens (primary N) is 1. The Bertz CT molecular complexity index is 220. The largest absolute Gasteiger partial charge is 0.389 e. The third-order valence-corrected chi connectivity index (χ3v) is 2.76. The molecule has 5 heteroatoms. The van der Waals surface area contributed by atoms with Crippen LogP contribution in [0.4, 0.5) is 0 Å². The van der Waals surface area contributed by atoms with Gasteiger partial charge in [-0.15, -0.1) is 0 Å². The molecule has 80 valence electrons. The van der Waals surface area contributed by atoms with Crippen molar-refractivity contribution in [3.05, 3.63) is 0 Å². The SMILES string of the molecule is NC1CC[C@@H](C(=O)N2CC(O)C2)OC1. The Hall–Kier alpha value is -0.650. The number of hydrogen-bond acceptors (Lipinski definition) is 4. The number of nitrogens with zero attached hydrogens (tertiary/aromatic N) is 1. The van der Waals surface area contributed by atoms with Crippen LogP contribution in [0.5, 0.6) is 0 Å². The fourth-order valence-corrected chi connectivity index (χ4v) is 1.81. The first-order valence-corrected chi connectivity index (χ1v) is 5.01. The van der Waals surface area contributed by atoms with Crippen molar-refractivity contribution in [2.24, 2.45) is 5.73 Å². The van der Waals surface area contributed by atoms with Crippen LogP contribution in [0.3, 0.4) is 0 Å². The highest BCUT2D eigenvalue weighted by molar-refractivity contribution is 5.81. The van der Waals surface area contributed by atoms with E-state index in [1.165, 1.54) is 0 Å². The van der Waals surface area contributed by atoms with Gasteiger partial charge < -0.3 is 20.5 Å². The minimum absolute atomic E-state index is 0.00204. The molecular weight excluding hydrogens is 184 g/mol. The summed E-state index contributed by atoms with van der Waals surface area (Å²) in [5, 5.41) is 9.05. The Labute approximate surface area is 82.8 Å². The summed E-state index contributed by atoms with van der Waals surface area (Å²) in [7, 11) is 0. The number of carbonyl (C=O) groups is 1. The molecule has 0 bridgehead atoms. The predicted octanol–water partition coefficient (Wildman–Crippen LogP) is -1.30. The number of ether oxygens (including phenoxy) is 1. The molecule has 2 rings (SSSR count). The van der Waals surface area contributed by atoms with Crippen LogP contribution in [-0.4, -0.2) is 53.9 Å². The third kappa shape index (κ3) is 1.89. The summed E-state index contributed by atoms with van der Waals surface area (Å²) in [5.74, 6) is 0.00204. The number of amides is 1. The molecule has 14 heavy (non-hydrogen) atoms. The van der Waals surface area contributed by atoms with Gasteiger partial charge in [0, 0.05) is 19.1 Å². The van der Waals surface area contributed by atoms with E-state index in [0.717, 1.165) is 6.42 Å². The molecule has 0 aliphatic carbocycles. The normalized spacial score (nSPS) is 34.0. The molecule has 2 fully saturated rings. The fourth-order valence-electron chi connectivity index (χ4n) is 1.81. The number of hydrogen-bond donors (Lipinski definition) is 2. The van der Waals surface area contributed by atoms with Gasteiger partial charge in [-0.05, 0) is 12.8 Å². The number of likely N-dealkylation sites (tertiary alicyclic amines) is 1. The van der Waals surface area contributed by atoms with Crippen LogP contribution in [-0.2, 0) is 9.53 Å². The topological polar surface area (TPSA) is 75.8 Å². The van der Waals surface area contributed by atoms with Crippen molar-refractivity contribution in [1.82, 2.24) is 4.90 Å². The van der Waals surface area contributed by atoms with Crippen molar-refractivity contribution < 1.29 is 14.6 Å². The molecule has 0 aromatic rings. The van der Waals surface area contributed by atoms with Gasteiger partial charge in [0.15, 0.2) is 0 Å². The Morgan fingerprint density at radius 1 is 1.43 bits per heavy atom. The number of β-amino-alcohol motifs (C(OH)–C–C–N with tert-alkyl or cyclic N) is 1. The third-order valence-electron chi connectivity index (χ3n) is 2.76. The summed E-state index contributed by atoms with van der Waals surface area (Å²) in [5.41, 5.74) is 5.65. The Balaban J connectivity index is 1.81.